The first-order valence-corrected chi connectivity index (χ1v) is 7.97. The molecule has 0 radical (unpaired) electrons. The van der Waals surface area contributed by atoms with E-state index in [1.54, 1.807) is 24.3 Å². The first-order chi connectivity index (χ1) is 8.42. The van der Waals surface area contributed by atoms with Crippen LogP contribution in [0.5, 0.6) is 0 Å². The summed E-state index contributed by atoms with van der Waals surface area (Å²) in [4.78, 5) is 0.353. The normalized spacial score (nSPS) is 23.8. The Hall–Kier alpha value is -0.870. The maximum Gasteiger partial charge on any atom is 0.240 e. The van der Waals surface area contributed by atoms with Crippen molar-refractivity contribution in [1.82, 2.24) is 4.72 Å². The van der Waals surface area contributed by atoms with Crippen LogP contribution in [0.15, 0.2) is 35.2 Å². The van der Waals surface area contributed by atoms with Gasteiger partial charge in [0.2, 0.25) is 10.0 Å². The van der Waals surface area contributed by atoms with Gasteiger partial charge < -0.3 is 0 Å². The lowest BCUT2D eigenvalue weighted by Gasteiger charge is -2.38. The van der Waals surface area contributed by atoms with Crippen molar-refractivity contribution in [1.29, 1.82) is 0 Å². The number of nitrogens with one attached hydrogen (secondary N) is 1. The van der Waals surface area contributed by atoms with Gasteiger partial charge in [-0.3, -0.25) is 0 Å². The number of hydrogen-bond donors (Lipinski definition) is 1. The molecule has 1 unspecified atom stereocenters. The Morgan fingerprint density at radius 3 is 2.44 bits per heavy atom. The molecule has 3 nitrogen and oxygen atoms in total. The Balaban J connectivity index is 2.18. The largest absolute Gasteiger partial charge is 0.240 e. The lowest BCUT2D eigenvalue weighted by atomic mass is 9.74. The van der Waals surface area contributed by atoms with Crippen molar-refractivity contribution in [3.05, 3.63) is 30.3 Å². The highest BCUT2D eigenvalue weighted by Gasteiger charge is 2.35. The van der Waals surface area contributed by atoms with Crippen LogP contribution in [0.4, 0.5) is 0 Å². The summed E-state index contributed by atoms with van der Waals surface area (Å²) in [5.74, 6) is 0. The molecule has 1 aliphatic rings. The Morgan fingerprint density at radius 1 is 1.17 bits per heavy atom. The quantitative estimate of drug-likeness (QED) is 0.915. The molecule has 1 saturated carbocycles. The molecule has 1 atom stereocenters. The van der Waals surface area contributed by atoms with Crippen molar-refractivity contribution < 1.29 is 8.42 Å². The van der Waals surface area contributed by atoms with Crippen molar-refractivity contribution >= 4 is 10.0 Å². The second-order valence-electron chi connectivity index (χ2n) is 5.72. The molecular weight excluding hydrogens is 246 g/mol. The fourth-order valence-electron chi connectivity index (χ4n) is 2.57. The van der Waals surface area contributed by atoms with Crippen LogP contribution in [0.25, 0.3) is 0 Å². The summed E-state index contributed by atoms with van der Waals surface area (Å²) in [5, 5.41) is 0. The van der Waals surface area contributed by atoms with Crippen LogP contribution in [-0.4, -0.2) is 14.5 Å². The highest BCUT2D eigenvalue weighted by molar-refractivity contribution is 7.89. The third-order valence-corrected chi connectivity index (χ3v) is 5.35. The van der Waals surface area contributed by atoms with Gasteiger partial charge in [-0.15, -0.1) is 0 Å². The van der Waals surface area contributed by atoms with Gasteiger partial charge in [0.1, 0.15) is 0 Å². The summed E-state index contributed by atoms with van der Waals surface area (Å²) in [6.07, 6.45) is 4.30. The van der Waals surface area contributed by atoms with Crippen LogP contribution < -0.4 is 4.72 Å². The van der Waals surface area contributed by atoms with Gasteiger partial charge in [-0.1, -0.05) is 44.9 Å². The maximum absolute atomic E-state index is 12.3. The summed E-state index contributed by atoms with van der Waals surface area (Å²) < 4.78 is 27.4. The zero-order chi connectivity index (χ0) is 13.2. The minimum Gasteiger partial charge on any atom is -0.208 e. The van der Waals surface area contributed by atoms with Crippen LogP contribution in [-0.2, 0) is 10.0 Å². The maximum atomic E-state index is 12.3. The number of hydrogen-bond acceptors (Lipinski definition) is 2. The molecule has 0 aliphatic heterocycles. The van der Waals surface area contributed by atoms with E-state index in [0.29, 0.717) is 4.90 Å². The van der Waals surface area contributed by atoms with E-state index in [1.165, 1.54) is 6.42 Å². The van der Waals surface area contributed by atoms with Crippen LogP contribution in [0.1, 0.15) is 39.5 Å². The standard InChI is InChI=1S/C14H21NO2S/c1-14(2)11-7-6-10-13(14)15-18(16,17)12-8-4-3-5-9-12/h3-5,8-9,13,15H,6-7,10-11H2,1-2H3. The third-order valence-electron chi connectivity index (χ3n) is 3.86. The molecule has 0 amide bonds. The topological polar surface area (TPSA) is 46.2 Å². The number of benzene rings is 1. The molecule has 18 heavy (non-hydrogen) atoms. The molecule has 0 heterocycles. The van der Waals surface area contributed by atoms with Gasteiger partial charge in [0, 0.05) is 6.04 Å². The smallest absolute Gasteiger partial charge is 0.208 e. The molecule has 0 bridgehead atoms. The molecule has 0 aromatic heterocycles. The second-order valence-corrected chi connectivity index (χ2v) is 7.44. The predicted molar refractivity (Wildman–Crippen MR) is 72.8 cm³/mol. The highest BCUT2D eigenvalue weighted by Crippen LogP contribution is 2.36. The van der Waals surface area contributed by atoms with Crippen LogP contribution in [0, 0.1) is 5.41 Å². The van der Waals surface area contributed by atoms with Crippen molar-refractivity contribution in [2.75, 3.05) is 0 Å². The summed E-state index contributed by atoms with van der Waals surface area (Å²) >= 11 is 0. The first kappa shape index (κ1) is 13.6. The SMILES string of the molecule is CC1(C)CCCCC1NS(=O)(=O)c1ccccc1. The Labute approximate surface area is 110 Å². The van der Waals surface area contributed by atoms with Gasteiger partial charge in [-0.2, -0.15) is 0 Å². The fourth-order valence-corrected chi connectivity index (χ4v) is 4.03. The Morgan fingerprint density at radius 2 is 1.83 bits per heavy atom. The lowest BCUT2D eigenvalue weighted by Crippen LogP contribution is -2.46. The molecule has 1 aromatic carbocycles. The minimum absolute atomic E-state index is 0.0384. The average molecular weight is 267 g/mol. The first-order valence-electron chi connectivity index (χ1n) is 6.49. The van der Waals surface area contributed by atoms with E-state index in [-0.39, 0.29) is 11.5 Å². The molecular formula is C14H21NO2S. The zero-order valence-electron chi connectivity index (χ0n) is 11.0. The van der Waals surface area contributed by atoms with Crippen molar-refractivity contribution in [3.63, 3.8) is 0 Å². The molecule has 4 heteroatoms. The average Bonchev–Trinajstić information content (AvgIpc) is 2.33. The summed E-state index contributed by atoms with van der Waals surface area (Å²) in [6.45, 7) is 4.29. The minimum atomic E-state index is -3.38. The molecule has 1 aromatic rings. The lowest BCUT2D eigenvalue weighted by molar-refractivity contribution is 0.188. The fraction of sp³-hybridized carbons (Fsp3) is 0.571. The molecule has 1 aliphatic carbocycles. The van der Waals surface area contributed by atoms with E-state index in [4.69, 9.17) is 0 Å². The van der Waals surface area contributed by atoms with Gasteiger partial charge in [-0.25, -0.2) is 13.1 Å². The zero-order valence-corrected chi connectivity index (χ0v) is 11.8. The van der Waals surface area contributed by atoms with Crippen molar-refractivity contribution in [2.45, 2.75) is 50.5 Å². The van der Waals surface area contributed by atoms with Crippen molar-refractivity contribution in [3.8, 4) is 0 Å². The van der Waals surface area contributed by atoms with E-state index < -0.39 is 10.0 Å². The summed E-state index contributed by atoms with van der Waals surface area (Å²) in [5.41, 5.74) is 0.0418. The van der Waals surface area contributed by atoms with Crippen molar-refractivity contribution in [2.24, 2.45) is 5.41 Å². The third kappa shape index (κ3) is 2.93. The van der Waals surface area contributed by atoms with Gasteiger partial charge in [-0.05, 0) is 30.4 Å². The highest BCUT2D eigenvalue weighted by atomic mass is 32.2. The Kier molecular flexibility index (Phi) is 3.78. The van der Waals surface area contributed by atoms with Gasteiger partial charge in [0.15, 0.2) is 0 Å². The van der Waals surface area contributed by atoms with E-state index in [0.717, 1.165) is 19.3 Å². The Bertz CT molecular complexity index is 494. The van der Waals surface area contributed by atoms with Gasteiger partial charge >= 0.3 is 0 Å². The monoisotopic (exact) mass is 267 g/mol. The van der Waals surface area contributed by atoms with Crippen LogP contribution in [0.2, 0.25) is 0 Å². The van der Waals surface area contributed by atoms with E-state index in [1.807, 2.05) is 6.07 Å². The van der Waals surface area contributed by atoms with Crippen LogP contribution in [0.3, 0.4) is 0 Å². The molecule has 0 saturated heterocycles. The summed E-state index contributed by atoms with van der Waals surface area (Å²) in [7, 11) is -3.38. The second kappa shape index (κ2) is 5.02. The molecule has 1 N–H and O–H groups in total. The molecule has 0 spiro atoms. The van der Waals surface area contributed by atoms with Gasteiger partial charge in [0.05, 0.1) is 4.90 Å². The van der Waals surface area contributed by atoms with Gasteiger partial charge in [0.25, 0.3) is 0 Å². The van der Waals surface area contributed by atoms with E-state index in [2.05, 4.69) is 18.6 Å². The van der Waals surface area contributed by atoms with Crippen LogP contribution >= 0.6 is 0 Å². The van der Waals surface area contributed by atoms with E-state index in [9.17, 15) is 8.42 Å². The number of rotatable bonds is 3. The summed E-state index contributed by atoms with van der Waals surface area (Å²) in [6, 6.07) is 8.64. The predicted octanol–water partition coefficient (Wildman–Crippen LogP) is 2.93. The number of sulfonamides is 1. The molecule has 100 valence electrons. The van der Waals surface area contributed by atoms with E-state index >= 15 is 0 Å². The molecule has 2 rings (SSSR count). The molecule has 1 fully saturated rings.